The molecule has 1 unspecified atom stereocenters. The zero-order chi connectivity index (χ0) is 18.9. The molecule has 2 heterocycles. The van der Waals surface area contributed by atoms with Crippen LogP contribution in [0.15, 0.2) is 47.6 Å². The lowest BCUT2D eigenvalue weighted by Gasteiger charge is -2.35. The third-order valence-electron chi connectivity index (χ3n) is 4.15. The van der Waals surface area contributed by atoms with Gasteiger partial charge in [0.25, 0.3) is 0 Å². The fourth-order valence-corrected chi connectivity index (χ4v) is 3.42. The van der Waals surface area contributed by atoms with Gasteiger partial charge in [-0.3, -0.25) is 4.79 Å². The number of nitrogens with one attached hydrogen (secondary N) is 1. The molecule has 1 aromatic heterocycles. The van der Waals surface area contributed by atoms with Gasteiger partial charge >= 0.3 is 6.18 Å². The number of hydrogen-bond donors (Lipinski definition) is 1. The molecule has 138 valence electrons. The minimum atomic E-state index is -4.37. The van der Waals surface area contributed by atoms with Gasteiger partial charge in [0, 0.05) is 31.2 Å². The van der Waals surface area contributed by atoms with E-state index in [4.69, 9.17) is 0 Å². The van der Waals surface area contributed by atoms with Gasteiger partial charge in [-0.25, -0.2) is 4.68 Å². The van der Waals surface area contributed by atoms with Crippen molar-refractivity contribution in [1.82, 2.24) is 15.1 Å². The number of nitrogens with zero attached hydrogens (tertiary/aromatic N) is 3. The number of fused-ring (bicyclic) bond motifs is 1. The van der Waals surface area contributed by atoms with E-state index in [1.807, 2.05) is 4.90 Å². The summed E-state index contributed by atoms with van der Waals surface area (Å²) in [6.45, 7) is 4.96. The van der Waals surface area contributed by atoms with Crippen molar-refractivity contribution in [2.45, 2.75) is 12.7 Å². The fraction of sp³-hybridized carbons (Fsp3) is 0.294. The van der Waals surface area contributed by atoms with E-state index in [-0.39, 0.29) is 11.8 Å². The average molecular weight is 429 g/mol. The van der Waals surface area contributed by atoms with Crippen LogP contribution in [0, 0.1) is 5.92 Å². The highest BCUT2D eigenvalue weighted by Gasteiger charge is 2.32. The second-order valence-electron chi connectivity index (χ2n) is 5.97. The molecular formula is C17H16BrF3N4O. The topological polar surface area (TPSA) is 50.2 Å². The largest absolute Gasteiger partial charge is 0.416 e. The summed E-state index contributed by atoms with van der Waals surface area (Å²) in [4.78, 5) is 13.3. The number of benzene rings is 1. The average Bonchev–Trinajstić information content (AvgIpc) is 2.99. The molecule has 1 aromatic carbocycles. The Kier molecular flexibility index (Phi) is 5.08. The molecule has 2 aromatic rings. The Morgan fingerprint density at radius 1 is 1.35 bits per heavy atom. The van der Waals surface area contributed by atoms with Crippen LogP contribution in [0.25, 0.3) is 0 Å². The first-order valence-electron chi connectivity index (χ1n) is 7.86. The summed E-state index contributed by atoms with van der Waals surface area (Å²) < 4.78 is 40.9. The molecule has 0 spiro atoms. The highest BCUT2D eigenvalue weighted by atomic mass is 79.9. The van der Waals surface area contributed by atoms with E-state index in [1.54, 1.807) is 10.9 Å². The Balaban J connectivity index is 1.87. The van der Waals surface area contributed by atoms with E-state index in [2.05, 4.69) is 32.9 Å². The van der Waals surface area contributed by atoms with Crippen LogP contribution in [0.2, 0.25) is 0 Å². The van der Waals surface area contributed by atoms with Crippen LogP contribution in [0.1, 0.15) is 5.56 Å². The molecule has 26 heavy (non-hydrogen) atoms. The number of carbonyl (C=O) groups is 1. The maximum absolute atomic E-state index is 12.8. The van der Waals surface area contributed by atoms with Gasteiger partial charge in [0.05, 0.1) is 16.2 Å². The minimum Gasteiger partial charge on any atom is -0.352 e. The van der Waals surface area contributed by atoms with Crippen LogP contribution in [0.4, 0.5) is 24.7 Å². The van der Waals surface area contributed by atoms with E-state index in [9.17, 15) is 18.0 Å². The maximum Gasteiger partial charge on any atom is 0.416 e. The lowest BCUT2D eigenvalue weighted by Crippen LogP contribution is -2.41. The Bertz CT molecular complexity index is 816. The molecule has 1 N–H and O–H groups in total. The number of rotatable bonds is 4. The normalized spacial score (nSPS) is 16.9. The van der Waals surface area contributed by atoms with Gasteiger partial charge < -0.3 is 10.2 Å². The predicted molar refractivity (Wildman–Crippen MR) is 95.1 cm³/mol. The van der Waals surface area contributed by atoms with Gasteiger partial charge in [-0.1, -0.05) is 6.58 Å². The molecule has 0 bridgehead atoms. The minimum absolute atomic E-state index is 0.0421. The number of carbonyl (C=O) groups excluding carboxylic acids is 1. The third-order valence-corrected chi connectivity index (χ3v) is 4.71. The second-order valence-corrected chi connectivity index (χ2v) is 6.82. The molecule has 1 amide bonds. The smallest absolute Gasteiger partial charge is 0.352 e. The summed E-state index contributed by atoms with van der Waals surface area (Å²) in [7, 11) is 0. The fourth-order valence-electron chi connectivity index (χ4n) is 2.91. The van der Waals surface area contributed by atoms with Gasteiger partial charge in [-0.2, -0.15) is 18.3 Å². The second kappa shape index (κ2) is 7.14. The Labute approximate surface area is 156 Å². The zero-order valence-corrected chi connectivity index (χ0v) is 15.2. The van der Waals surface area contributed by atoms with Crippen LogP contribution < -0.4 is 10.2 Å². The molecule has 3 rings (SSSR count). The first-order chi connectivity index (χ1) is 12.3. The standard InChI is InChI=1S/C17H16BrF3N4O/c1-2-15(26)22-7-11-9-24(16-14(18)8-23-25(16)10-11)13-5-3-12(4-6-13)17(19,20)21/h2-6,8,11H,1,7,9-10H2,(H,22,26). The van der Waals surface area contributed by atoms with Gasteiger partial charge in [-0.05, 0) is 46.3 Å². The van der Waals surface area contributed by atoms with Crippen molar-refractivity contribution >= 4 is 33.3 Å². The van der Waals surface area contributed by atoms with Crippen molar-refractivity contribution in [1.29, 1.82) is 0 Å². The highest BCUT2D eigenvalue weighted by Crippen LogP contribution is 2.37. The van der Waals surface area contributed by atoms with Crippen LogP contribution >= 0.6 is 15.9 Å². The van der Waals surface area contributed by atoms with Crippen molar-refractivity contribution < 1.29 is 18.0 Å². The molecule has 1 aliphatic rings. The van der Waals surface area contributed by atoms with Crippen LogP contribution in [-0.2, 0) is 17.5 Å². The van der Waals surface area contributed by atoms with Crippen molar-refractivity contribution in [3.05, 3.63) is 53.2 Å². The zero-order valence-electron chi connectivity index (χ0n) is 13.6. The SMILES string of the molecule is C=CC(=O)NCC1CN(c2ccc(C(F)(F)F)cc2)c2c(Br)cnn2C1. The summed E-state index contributed by atoms with van der Waals surface area (Å²) >= 11 is 3.44. The van der Waals surface area contributed by atoms with Crippen molar-refractivity contribution in [3.63, 3.8) is 0 Å². The Morgan fingerprint density at radius 2 is 2.04 bits per heavy atom. The van der Waals surface area contributed by atoms with Gasteiger partial charge in [0.1, 0.15) is 5.82 Å². The van der Waals surface area contributed by atoms with Crippen molar-refractivity contribution in [2.24, 2.45) is 5.92 Å². The van der Waals surface area contributed by atoms with Gasteiger partial charge in [-0.15, -0.1) is 0 Å². The van der Waals surface area contributed by atoms with Gasteiger partial charge in [0.15, 0.2) is 0 Å². The summed E-state index contributed by atoms with van der Waals surface area (Å²) in [6.07, 6.45) is -1.52. The molecule has 1 aliphatic heterocycles. The summed E-state index contributed by atoms with van der Waals surface area (Å²) in [6, 6.07) is 5.01. The predicted octanol–water partition coefficient (Wildman–Crippen LogP) is 3.73. The van der Waals surface area contributed by atoms with E-state index >= 15 is 0 Å². The number of amides is 1. The molecule has 1 atom stereocenters. The first kappa shape index (κ1) is 18.5. The Hall–Kier alpha value is -2.29. The molecule has 0 fully saturated rings. The monoisotopic (exact) mass is 428 g/mol. The van der Waals surface area contributed by atoms with Crippen molar-refractivity contribution in [2.75, 3.05) is 18.0 Å². The van der Waals surface area contributed by atoms with Crippen molar-refractivity contribution in [3.8, 4) is 0 Å². The van der Waals surface area contributed by atoms with Crippen LogP contribution in [0.3, 0.4) is 0 Å². The number of hydrogen-bond acceptors (Lipinski definition) is 3. The summed E-state index contributed by atoms with van der Waals surface area (Å²) in [5.41, 5.74) is -0.0687. The number of aromatic nitrogens is 2. The first-order valence-corrected chi connectivity index (χ1v) is 8.65. The lowest BCUT2D eigenvalue weighted by molar-refractivity contribution is -0.137. The molecule has 0 aliphatic carbocycles. The van der Waals surface area contributed by atoms with Crippen LogP contribution in [-0.4, -0.2) is 28.8 Å². The van der Waals surface area contributed by atoms with E-state index < -0.39 is 11.7 Å². The molecule has 5 nitrogen and oxygen atoms in total. The molecule has 9 heteroatoms. The number of anilines is 2. The molecular weight excluding hydrogens is 413 g/mol. The summed E-state index contributed by atoms with van der Waals surface area (Å²) in [5.74, 6) is 0.551. The summed E-state index contributed by atoms with van der Waals surface area (Å²) in [5, 5.41) is 7.06. The number of alkyl halides is 3. The highest BCUT2D eigenvalue weighted by molar-refractivity contribution is 9.10. The Morgan fingerprint density at radius 3 is 2.65 bits per heavy atom. The molecule has 0 radical (unpaired) electrons. The number of halogens is 4. The molecule has 0 saturated carbocycles. The lowest BCUT2D eigenvalue weighted by atomic mass is 10.1. The van der Waals surface area contributed by atoms with E-state index in [0.717, 1.165) is 22.4 Å². The van der Waals surface area contributed by atoms with Crippen LogP contribution in [0.5, 0.6) is 0 Å². The molecule has 0 saturated heterocycles. The van der Waals surface area contributed by atoms with Gasteiger partial charge in [0.2, 0.25) is 5.91 Å². The third kappa shape index (κ3) is 3.77. The van der Waals surface area contributed by atoms with E-state index in [0.29, 0.717) is 25.3 Å². The maximum atomic E-state index is 12.8. The quantitative estimate of drug-likeness (QED) is 0.754. The van der Waals surface area contributed by atoms with E-state index in [1.165, 1.54) is 18.2 Å².